The molecule has 0 aliphatic carbocycles. The Bertz CT molecular complexity index is 1240. The van der Waals surface area contributed by atoms with E-state index in [0.29, 0.717) is 16.5 Å². The Morgan fingerprint density at radius 1 is 1.00 bits per heavy atom. The Labute approximate surface area is 175 Å². The van der Waals surface area contributed by atoms with Crippen LogP contribution in [0.4, 0.5) is 13.2 Å². The summed E-state index contributed by atoms with van der Waals surface area (Å²) < 4.78 is 44.8. The van der Waals surface area contributed by atoms with Crippen LogP contribution in [0.1, 0.15) is 17.2 Å². The third-order valence-electron chi connectivity index (χ3n) is 4.47. The molecule has 4 rings (SSSR count). The van der Waals surface area contributed by atoms with Gasteiger partial charge in [0.05, 0.1) is 5.56 Å². The zero-order chi connectivity index (χ0) is 22.2. The van der Waals surface area contributed by atoms with Crippen molar-refractivity contribution < 1.29 is 27.8 Å². The standard InChI is InChI=1S/C21H13BF3N3O3/c22-14-8-9-18(17(11-14)28-26-15-6-1-2-7-16(15)27-28)31-19(20(29)30)12-4-3-5-13(10-12)21(23,24)25/h1-11,19H,(H,29,30). The topological polar surface area (TPSA) is 77.2 Å². The molecule has 0 aliphatic heterocycles. The van der Waals surface area contributed by atoms with Gasteiger partial charge in [0.15, 0.2) is 0 Å². The van der Waals surface area contributed by atoms with E-state index in [1.165, 1.54) is 29.1 Å². The van der Waals surface area contributed by atoms with Crippen LogP contribution in [-0.4, -0.2) is 33.9 Å². The summed E-state index contributed by atoms with van der Waals surface area (Å²) in [5.41, 5.74) is 0.622. The average Bonchev–Trinajstić information content (AvgIpc) is 3.16. The highest BCUT2D eigenvalue weighted by Crippen LogP contribution is 2.33. The predicted molar refractivity (Wildman–Crippen MR) is 107 cm³/mol. The first-order valence-electron chi connectivity index (χ1n) is 9.01. The van der Waals surface area contributed by atoms with Gasteiger partial charge in [-0.2, -0.15) is 13.2 Å². The third-order valence-corrected chi connectivity index (χ3v) is 4.47. The molecular formula is C21H13BF3N3O3. The number of carboxylic acid groups (broad SMARTS) is 1. The van der Waals surface area contributed by atoms with Crippen molar-refractivity contribution in [2.24, 2.45) is 0 Å². The molecule has 1 aromatic heterocycles. The molecular weight excluding hydrogens is 410 g/mol. The highest BCUT2D eigenvalue weighted by Gasteiger charge is 2.32. The molecule has 4 aromatic rings. The van der Waals surface area contributed by atoms with Gasteiger partial charge in [-0.05, 0) is 36.4 Å². The molecule has 1 heterocycles. The number of carbonyl (C=O) groups is 1. The number of hydrogen-bond donors (Lipinski definition) is 1. The number of benzene rings is 3. The van der Waals surface area contributed by atoms with E-state index in [4.69, 9.17) is 12.6 Å². The quantitative estimate of drug-likeness (QED) is 0.498. The van der Waals surface area contributed by atoms with Crippen LogP contribution in [-0.2, 0) is 11.0 Å². The van der Waals surface area contributed by atoms with Crippen molar-refractivity contribution in [3.63, 3.8) is 0 Å². The van der Waals surface area contributed by atoms with Gasteiger partial charge in [-0.25, -0.2) is 4.79 Å². The fourth-order valence-electron chi connectivity index (χ4n) is 3.02. The highest BCUT2D eigenvalue weighted by molar-refractivity contribution is 6.32. The lowest BCUT2D eigenvalue weighted by molar-refractivity contribution is -0.146. The molecule has 2 radical (unpaired) electrons. The second-order valence-electron chi connectivity index (χ2n) is 6.66. The summed E-state index contributed by atoms with van der Waals surface area (Å²) in [6.45, 7) is 0. The molecule has 10 heteroatoms. The number of carboxylic acids is 1. The molecule has 1 N–H and O–H groups in total. The normalized spacial score (nSPS) is 12.6. The first-order chi connectivity index (χ1) is 14.7. The fourth-order valence-corrected chi connectivity index (χ4v) is 3.02. The van der Waals surface area contributed by atoms with Crippen LogP contribution < -0.4 is 10.2 Å². The summed E-state index contributed by atoms with van der Waals surface area (Å²) in [5, 5.41) is 18.3. The third kappa shape index (κ3) is 4.23. The summed E-state index contributed by atoms with van der Waals surface area (Å²) >= 11 is 0. The first kappa shape index (κ1) is 20.5. The van der Waals surface area contributed by atoms with Crippen LogP contribution in [0.25, 0.3) is 16.7 Å². The van der Waals surface area contributed by atoms with Gasteiger partial charge in [0.2, 0.25) is 6.10 Å². The molecule has 0 bridgehead atoms. The minimum Gasteiger partial charge on any atom is -0.478 e. The maximum atomic E-state index is 13.1. The van der Waals surface area contributed by atoms with Crippen molar-refractivity contribution >= 4 is 30.3 Å². The van der Waals surface area contributed by atoms with Gasteiger partial charge in [-0.1, -0.05) is 35.8 Å². The van der Waals surface area contributed by atoms with Crippen LogP contribution in [0.15, 0.2) is 66.7 Å². The first-order valence-corrected chi connectivity index (χ1v) is 9.01. The Morgan fingerprint density at radius 3 is 2.29 bits per heavy atom. The zero-order valence-electron chi connectivity index (χ0n) is 15.7. The number of rotatable bonds is 5. The SMILES string of the molecule is [B]c1ccc(OC(C(=O)O)c2cccc(C(F)(F)F)c2)c(-n2nc3ccccc3n2)c1. The molecule has 0 saturated carbocycles. The molecule has 0 aliphatic rings. The molecule has 0 spiro atoms. The van der Waals surface area contributed by atoms with E-state index in [-0.39, 0.29) is 17.0 Å². The molecule has 1 unspecified atom stereocenters. The summed E-state index contributed by atoms with van der Waals surface area (Å²) in [5.74, 6) is -1.42. The summed E-state index contributed by atoms with van der Waals surface area (Å²) in [6, 6.07) is 15.4. The second-order valence-corrected chi connectivity index (χ2v) is 6.66. The zero-order valence-corrected chi connectivity index (χ0v) is 15.7. The van der Waals surface area contributed by atoms with Crippen LogP contribution in [0.5, 0.6) is 5.75 Å². The number of aromatic nitrogens is 3. The van der Waals surface area contributed by atoms with Crippen LogP contribution in [0, 0.1) is 0 Å². The number of alkyl halides is 3. The molecule has 3 aromatic carbocycles. The Kier molecular flexibility index (Phi) is 5.14. The molecule has 0 fully saturated rings. The van der Waals surface area contributed by atoms with Crippen molar-refractivity contribution in [1.29, 1.82) is 0 Å². The monoisotopic (exact) mass is 423 g/mol. The van der Waals surface area contributed by atoms with Crippen LogP contribution >= 0.6 is 0 Å². The number of hydrogen-bond acceptors (Lipinski definition) is 4. The Morgan fingerprint density at radius 2 is 1.68 bits per heavy atom. The maximum absolute atomic E-state index is 13.1. The molecule has 31 heavy (non-hydrogen) atoms. The highest BCUT2D eigenvalue weighted by atomic mass is 19.4. The maximum Gasteiger partial charge on any atom is 0.416 e. The van der Waals surface area contributed by atoms with Crippen molar-refractivity contribution in [3.05, 3.63) is 77.9 Å². The molecule has 1 atom stereocenters. The van der Waals surface area contributed by atoms with Gasteiger partial charge < -0.3 is 9.84 Å². The summed E-state index contributed by atoms with van der Waals surface area (Å²) in [4.78, 5) is 13.1. The second kappa shape index (κ2) is 7.79. The fraction of sp³-hybridized carbons (Fsp3) is 0.0952. The van der Waals surface area contributed by atoms with Gasteiger partial charge in [0.25, 0.3) is 0 Å². The minimum atomic E-state index is -4.62. The van der Waals surface area contributed by atoms with E-state index in [1.807, 2.05) is 0 Å². The smallest absolute Gasteiger partial charge is 0.416 e. The largest absolute Gasteiger partial charge is 0.478 e. The van der Waals surface area contributed by atoms with E-state index >= 15 is 0 Å². The molecule has 154 valence electrons. The molecule has 0 saturated heterocycles. The lowest BCUT2D eigenvalue weighted by Gasteiger charge is -2.19. The lowest BCUT2D eigenvalue weighted by Crippen LogP contribution is -2.20. The van der Waals surface area contributed by atoms with Gasteiger partial charge in [0.1, 0.15) is 30.3 Å². The minimum absolute atomic E-state index is 0.0410. The molecule has 6 nitrogen and oxygen atoms in total. The van der Waals surface area contributed by atoms with E-state index in [0.717, 1.165) is 18.2 Å². The van der Waals surface area contributed by atoms with Gasteiger partial charge in [-0.3, -0.25) is 0 Å². The van der Waals surface area contributed by atoms with Crippen molar-refractivity contribution in [3.8, 4) is 11.4 Å². The van der Waals surface area contributed by atoms with Gasteiger partial charge in [0, 0.05) is 5.56 Å². The Balaban J connectivity index is 1.76. The Hall–Kier alpha value is -3.82. The molecule has 0 amide bonds. The number of nitrogens with zero attached hydrogens (tertiary/aromatic N) is 3. The van der Waals surface area contributed by atoms with Crippen LogP contribution in [0.2, 0.25) is 0 Å². The van der Waals surface area contributed by atoms with E-state index in [2.05, 4.69) is 10.2 Å². The predicted octanol–water partition coefficient (Wildman–Crippen LogP) is 3.44. The average molecular weight is 423 g/mol. The van der Waals surface area contributed by atoms with E-state index < -0.39 is 23.8 Å². The van der Waals surface area contributed by atoms with E-state index in [9.17, 15) is 23.1 Å². The number of halogens is 3. The lowest BCUT2D eigenvalue weighted by atomic mass is 9.95. The number of ether oxygens (including phenoxy) is 1. The van der Waals surface area contributed by atoms with Crippen LogP contribution in [0.3, 0.4) is 0 Å². The van der Waals surface area contributed by atoms with E-state index in [1.54, 1.807) is 24.3 Å². The number of fused-ring (bicyclic) bond motifs is 1. The summed E-state index contributed by atoms with van der Waals surface area (Å²) in [6.07, 6.45) is -6.32. The van der Waals surface area contributed by atoms with Crippen molar-refractivity contribution in [2.75, 3.05) is 0 Å². The summed E-state index contributed by atoms with van der Waals surface area (Å²) in [7, 11) is 5.86. The van der Waals surface area contributed by atoms with Crippen molar-refractivity contribution in [1.82, 2.24) is 15.0 Å². The van der Waals surface area contributed by atoms with Crippen molar-refractivity contribution in [2.45, 2.75) is 12.3 Å². The van der Waals surface area contributed by atoms with Gasteiger partial charge in [-0.15, -0.1) is 15.0 Å². The van der Waals surface area contributed by atoms with Gasteiger partial charge >= 0.3 is 12.1 Å². The number of aliphatic carboxylic acids is 1.